The van der Waals surface area contributed by atoms with E-state index >= 15 is 0 Å². The Balaban J connectivity index is 2.65. The zero-order chi connectivity index (χ0) is 7.61. The predicted molar refractivity (Wildman–Crippen MR) is 50.0 cm³/mol. The number of rotatable bonds is 2. The maximum Gasteiger partial charge on any atom is 0.194 e. The molecular weight excluding hydrogens is 183 g/mol. The Bertz CT molecular complexity index is 182. The number of alkyl halides is 1. The summed E-state index contributed by atoms with van der Waals surface area (Å²) in [5.74, 6) is 0. The van der Waals surface area contributed by atoms with Gasteiger partial charge in [0.15, 0.2) is 7.38 Å². The van der Waals surface area contributed by atoms with Crippen LogP contribution in [0.2, 0.25) is 6.55 Å². The second-order valence-electron chi connectivity index (χ2n) is 2.66. The third-order valence-corrected chi connectivity index (χ3v) is 7.05. The Morgan fingerprint density at radius 3 is 2.80 bits per heavy atom. The van der Waals surface area contributed by atoms with Crippen LogP contribution in [0.15, 0.2) is 23.4 Å². The molecule has 0 aliphatic heterocycles. The summed E-state index contributed by atoms with van der Waals surface area (Å²) >= 11 is 12.0. The highest BCUT2D eigenvalue weighted by atomic mass is 35.6. The van der Waals surface area contributed by atoms with Gasteiger partial charge in [-0.1, -0.05) is 30.0 Å². The van der Waals surface area contributed by atoms with Crippen molar-refractivity contribution < 1.29 is 0 Å². The lowest BCUT2D eigenvalue weighted by Gasteiger charge is -2.16. The van der Waals surface area contributed by atoms with Gasteiger partial charge in [-0.25, -0.2) is 0 Å². The van der Waals surface area contributed by atoms with E-state index < -0.39 is 7.38 Å². The molecule has 0 saturated carbocycles. The van der Waals surface area contributed by atoms with Crippen LogP contribution in [-0.4, -0.2) is 12.9 Å². The first kappa shape index (κ1) is 8.37. The molecule has 0 fully saturated rings. The Morgan fingerprint density at radius 2 is 2.40 bits per heavy atom. The van der Waals surface area contributed by atoms with Gasteiger partial charge in [-0.05, 0) is 6.42 Å². The smallest absolute Gasteiger partial charge is 0.160 e. The Kier molecular flexibility index (Phi) is 2.61. The van der Waals surface area contributed by atoms with Crippen LogP contribution in [0.25, 0.3) is 0 Å². The molecule has 0 amide bonds. The molecular formula is C7H10Cl2Si. The van der Waals surface area contributed by atoms with Crippen LogP contribution in [0.1, 0.15) is 6.42 Å². The molecule has 0 heterocycles. The van der Waals surface area contributed by atoms with Crippen molar-refractivity contribution >= 4 is 30.1 Å². The summed E-state index contributed by atoms with van der Waals surface area (Å²) in [5.41, 5.74) is 0.613. The fourth-order valence-electron chi connectivity index (χ4n) is 0.920. The van der Waals surface area contributed by atoms with Crippen LogP contribution in [0.5, 0.6) is 0 Å². The summed E-state index contributed by atoms with van der Waals surface area (Å²) in [4.78, 5) is 0. The monoisotopic (exact) mass is 192 g/mol. The summed E-state index contributed by atoms with van der Waals surface area (Å²) in [6.45, 7) is 2.08. The largest absolute Gasteiger partial charge is 0.194 e. The minimum absolute atomic E-state index is 0.613. The van der Waals surface area contributed by atoms with Gasteiger partial charge in [0, 0.05) is 5.50 Å². The molecule has 0 saturated heterocycles. The van der Waals surface area contributed by atoms with E-state index in [-0.39, 0.29) is 0 Å². The van der Waals surface area contributed by atoms with Crippen molar-refractivity contribution in [3.8, 4) is 0 Å². The van der Waals surface area contributed by atoms with Gasteiger partial charge in [-0.3, -0.25) is 0 Å². The normalized spacial score (nSPS) is 22.5. The zero-order valence-electron chi connectivity index (χ0n) is 5.90. The van der Waals surface area contributed by atoms with Gasteiger partial charge in [0.25, 0.3) is 0 Å². The van der Waals surface area contributed by atoms with Crippen LogP contribution < -0.4 is 0 Å². The molecule has 0 aromatic carbocycles. The van der Waals surface area contributed by atoms with E-state index in [0.717, 1.165) is 6.42 Å². The van der Waals surface area contributed by atoms with E-state index in [9.17, 15) is 0 Å². The van der Waals surface area contributed by atoms with E-state index in [2.05, 4.69) is 24.8 Å². The predicted octanol–water partition coefficient (Wildman–Crippen LogP) is 3.00. The quantitative estimate of drug-likeness (QED) is 0.359. The first-order valence-electron chi connectivity index (χ1n) is 3.28. The van der Waals surface area contributed by atoms with Gasteiger partial charge in [-0.2, -0.15) is 11.1 Å². The van der Waals surface area contributed by atoms with E-state index in [1.54, 1.807) is 0 Å². The molecule has 10 heavy (non-hydrogen) atoms. The van der Waals surface area contributed by atoms with Gasteiger partial charge in [0.1, 0.15) is 0 Å². The molecule has 0 aromatic rings. The topological polar surface area (TPSA) is 0 Å². The number of allylic oxidation sites excluding steroid dienone is 4. The van der Waals surface area contributed by atoms with Crippen molar-refractivity contribution in [3.63, 3.8) is 0 Å². The first-order chi connectivity index (χ1) is 4.67. The first-order valence-corrected chi connectivity index (χ1v) is 7.53. The summed E-state index contributed by atoms with van der Waals surface area (Å²) in [7, 11) is -1.71. The third-order valence-electron chi connectivity index (χ3n) is 1.69. The van der Waals surface area contributed by atoms with Crippen molar-refractivity contribution in [1.29, 1.82) is 0 Å². The van der Waals surface area contributed by atoms with E-state index in [4.69, 9.17) is 22.7 Å². The second kappa shape index (κ2) is 3.12. The molecule has 3 heteroatoms. The highest BCUT2D eigenvalue weighted by molar-refractivity contribution is 7.25. The van der Waals surface area contributed by atoms with Gasteiger partial charge in [0.05, 0.1) is 0 Å². The molecule has 1 rings (SSSR count). The Hall–Kier alpha value is 0.277. The second-order valence-corrected chi connectivity index (χ2v) is 9.26. The van der Waals surface area contributed by atoms with Gasteiger partial charge >= 0.3 is 0 Å². The molecule has 0 nitrogen and oxygen atoms in total. The molecule has 1 unspecified atom stereocenters. The standard InChI is InChI=1S/C7H10Cl2Si/c1-10(9,6-8)7-4-2-3-5-7/h2-4H,5-6H2,1H3. The molecule has 0 N–H and O–H groups in total. The lowest BCUT2D eigenvalue weighted by atomic mass is 10.5. The number of hydrogen-bond acceptors (Lipinski definition) is 0. The van der Waals surface area contributed by atoms with Crippen LogP contribution >= 0.6 is 22.7 Å². The van der Waals surface area contributed by atoms with Crippen molar-refractivity contribution in [2.45, 2.75) is 13.0 Å². The molecule has 56 valence electrons. The molecule has 1 atom stereocenters. The van der Waals surface area contributed by atoms with Gasteiger partial charge in [0.2, 0.25) is 0 Å². The van der Waals surface area contributed by atoms with Gasteiger partial charge in [-0.15, -0.1) is 11.6 Å². The molecule has 1 aliphatic carbocycles. The van der Waals surface area contributed by atoms with Gasteiger partial charge < -0.3 is 0 Å². The molecule has 0 aromatic heterocycles. The zero-order valence-corrected chi connectivity index (χ0v) is 8.41. The minimum Gasteiger partial charge on any atom is -0.160 e. The van der Waals surface area contributed by atoms with E-state index in [0.29, 0.717) is 5.50 Å². The van der Waals surface area contributed by atoms with Crippen molar-refractivity contribution in [2.24, 2.45) is 0 Å². The van der Waals surface area contributed by atoms with E-state index in [1.807, 2.05) is 0 Å². The minimum atomic E-state index is -1.71. The summed E-state index contributed by atoms with van der Waals surface area (Å²) in [5, 5.41) is 1.35. The van der Waals surface area contributed by atoms with Crippen molar-refractivity contribution in [3.05, 3.63) is 23.4 Å². The Morgan fingerprint density at radius 1 is 1.70 bits per heavy atom. The number of hydrogen-bond donors (Lipinski definition) is 0. The maximum absolute atomic E-state index is 6.23. The maximum atomic E-state index is 6.23. The molecule has 0 radical (unpaired) electrons. The highest BCUT2D eigenvalue weighted by Crippen LogP contribution is 2.26. The van der Waals surface area contributed by atoms with E-state index in [1.165, 1.54) is 5.20 Å². The molecule has 1 aliphatic rings. The van der Waals surface area contributed by atoms with Crippen LogP contribution in [0.4, 0.5) is 0 Å². The fourth-order valence-corrected chi connectivity index (χ4v) is 3.01. The molecule has 0 bridgehead atoms. The number of halogens is 2. The van der Waals surface area contributed by atoms with Crippen molar-refractivity contribution in [1.82, 2.24) is 0 Å². The lowest BCUT2D eigenvalue weighted by molar-refractivity contribution is 1.37. The van der Waals surface area contributed by atoms with Crippen molar-refractivity contribution in [2.75, 3.05) is 5.50 Å². The summed E-state index contributed by atoms with van der Waals surface area (Å²) in [6.07, 6.45) is 7.28. The Labute approximate surface area is 72.2 Å². The average Bonchev–Trinajstić information content (AvgIpc) is 2.38. The van der Waals surface area contributed by atoms with Crippen LogP contribution in [0, 0.1) is 0 Å². The highest BCUT2D eigenvalue weighted by Gasteiger charge is 2.28. The average molecular weight is 193 g/mol. The summed E-state index contributed by atoms with van der Waals surface area (Å²) < 4.78 is 0. The van der Waals surface area contributed by atoms with Crippen LogP contribution in [0.3, 0.4) is 0 Å². The van der Waals surface area contributed by atoms with Crippen LogP contribution in [-0.2, 0) is 0 Å². The SMILES string of the molecule is C[Si](Cl)(CCl)C1=CC=CC1. The fraction of sp³-hybridized carbons (Fsp3) is 0.429. The summed E-state index contributed by atoms with van der Waals surface area (Å²) in [6, 6.07) is 0. The lowest BCUT2D eigenvalue weighted by Crippen LogP contribution is -2.28. The third kappa shape index (κ3) is 1.65. The molecule has 0 spiro atoms.